The van der Waals surface area contributed by atoms with Crippen LogP contribution in [0.25, 0.3) is 11.4 Å². The molecule has 0 unspecified atom stereocenters. The van der Waals surface area contributed by atoms with E-state index in [0.29, 0.717) is 24.1 Å². The van der Waals surface area contributed by atoms with Crippen molar-refractivity contribution in [1.82, 2.24) is 20.1 Å². The van der Waals surface area contributed by atoms with Gasteiger partial charge < -0.3 is 14.8 Å². The smallest absolute Gasteiger partial charge is 0.233 e. The monoisotopic (exact) mass is 402 g/mol. The predicted octanol–water partition coefficient (Wildman–Crippen LogP) is 2.92. The summed E-state index contributed by atoms with van der Waals surface area (Å²) >= 11 is 1.38. The number of allylic oxidation sites excluding steroid dienone is 1. The van der Waals surface area contributed by atoms with Crippen molar-refractivity contribution in [2.24, 2.45) is 0 Å². The number of thioether (sulfide) groups is 1. The molecule has 1 aliphatic heterocycles. The molecule has 1 amide bonds. The van der Waals surface area contributed by atoms with Gasteiger partial charge in [-0.2, -0.15) is 0 Å². The minimum atomic E-state index is -0.306. The van der Waals surface area contributed by atoms with Crippen molar-refractivity contribution in [3.05, 3.63) is 36.9 Å². The third-order valence-electron chi connectivity index (χ3n) is 4.56. The average Bonchev–Trinajstić information content (AvgIpc) is 3.37. The number of nitrogens with zero attached hydrogens (tertiary/aromatic N) is 3. The van der Waals surface area contributed by atoms with Crippen LogP contribution in [0.1, 0.15) is 19.8 Å². The fraction of sp³-hybridized carbons (Fsp3) is 0.450. The summed E-state index contributed by atoms with van der Waals surface area (Å²) in [5.74, 6) is 1.37. The highest BCUT2D eigenvalue weighted by atomic mass is 32.2. The zero-order chi connectivity index (χ0) is 19.9. The van der Waals surface area contributed by atoms with Gasteiger partial charge in [-0.05, 0) is 31.9 Å². The van der Waals surface area contributed by atoms with Gasteiger partial charge in [0, 0.05) is 19.7 Å². The second-order valence-electron chi connectivity index (χ2n) is 6.55. The average molecular weight is 403 g/mol. The van der Waals surface area contributed by atoms with Crippen LogP contribution in [0.5, 0.6) is 5.75 Å². The molecule has 150 valence electrons. The zero-order valence-corrected chi connectivity index (χ0v) is 17.1. The molecule has 1 saturated heterocycles. The topological polar surface area (TPSA) is 78.3 Å². The summed E-state index contributed by atoms with van der Waals surface area (Å²) in [6.07, 6.45) is 3.97. The molecule has 1 N–H and O–H groups in total. The number of carbonyl (C=O) groups excluding carboxylic acids is 1. The Labute approximate surface area is 169 Å². The van der Waals surface area contributed by atoms with Crippen molar-refractivity contribution in [2.75, 3.05) is 20.3 Å². The van der Waals surface area contributed by atoms with Crippen LogP contribution in [0.2, 0.25) is 0 Å². The third kappa shape index (κ3) is 4.74. The quantitative estimate of drug-likeness (QED) is 0.513. The Morgan fingerprint density at radius 1 is 1.50 bits per heavy atom. The Morgan fingerprint density at radius 3 is 3.04 bits per heavy atom. The highest BCUT2D eigenvalue weighted by molar-refractivity contribution is 8.00. The molecule has 0 spiro atoms. The van der Waals surface area contributed by atoms with Crippen molar-refractivity contribution in [1.29, 1.82) is 0 Å². The van der Waals surface area contributed by atoms with Crippen molar-refractivity contribution in [2.45, 2.75) is 42.8 Å². The zero-order valence-electron chi connectivity index (χ0n) is 16.3. The Morgan fingerprint density at radius 2 is 2.32 bits per heavy atom. The van der Waals surface area contributed by atoms with E-state index in [9.17, 15) is 4.79 Å². The Kier molecular flexibility index (Phi) is 7.11. The van der Waals surface area contributed by atoms with E-state index in [4.69, 9.17) is 9.47 Å². The first kappa shape index (κ1) is 20.4. The molecule has 0 radical (unpaired) electrons. The minimum absolute atomic E-state index is 0.0347. The highest BCUT2D eigenvalue weighted by Crippen LogP contribution is 2.32. The van der Waals surface area contributed by atoms with Crippen LogP contribution in [0.3, 0.4) is 0 Å². The molecule has 2 heterocycles. The maximum Gasteiger partial charge on any atom is 0.233 e. The molecule has 1 aromatic carbocycles. The summed E-state index contributed by atoms with van der Waals surface area (Å²) in [4.78, 5) is 12.5. The molecule has 2 atom stereocenters. The van der Waals surface area contributed by atoms with Gasteiger partial charge in [0.1, 0.15) is 5.75 Å². The number of nitrogens with one attached hydrogen (secondary N) is 1. The molecule has 0 aliphatic carbocycles. The van der Waals surface area contributed by atoms with Crippen LogP contribution in [-0.4, -0.2) is 52.3 Å². The van der Waals surface area contributed by atoms with Crippen LogP contribution >= 0.6 is 11.8 Å². The highest BCUT2D eigenvalue weighted by Gasteiger charge is 2.23. The maximum atomic E-state index is 12.5. The molecule has 3 rings (SSSR count). The Balaban J connectivity index is 1.73. The fourth-order valence-electron chi connectivity index (χ4n) is 3.07. The molecule has 28 heavy (non-hydrogen) atoms. The lowest BCUT2D eigenvalue weighted by Gasteiger charge is -2.15. The Hall–Kier alpha value is -2.32. The molecular formula is C20H26N4O3S. The van der Waals surface area contributed by atoms with Crippen LogP contribution in [0.15, 0.2) is 42.1 Å². The standard InChI is InChI=1S/C20H26N4O3S/c1-4-11-24-18(16-9-5-6-10-17(16)26-3)22-23-20(24)28-14(2)19(25)21-13-15-8-7-12-27-15/h4-6,9-10,14-15H,1,7-8,11-13H2,2-3H3,(H,21,25)/t14-,15+/m1/s1. The molecular weight excluding hydrogens is 376 g/mol. The second-order valence-corrected chi connectivity index (χ2v) is 7.85. The summed E-state index contributed by atoms with van der Waals surface area (Å²) in [6.45, 7) is 7.56. The molecule has 1 fully saturated rings. The predicted molar refractivity (Wildman–Crippen MR) is 110 cm³/mol. The number of carbonyl (C=O) groups is 1. The van der Waals surface area contributed by atoms with E-state index in [1.165, 1.54) is 11.8 Å². The van der Waals surface area contributed by atoms with Gasteiger partial charge in [-0.3, -0.25) is 9.36 Å². The fourth-order valence-corrected chi connectivity index (χ4v) is 3.96. The number of ether oxygens (including phenoxy) is 2. The van der Waals surface area contributed by atoms with Gasteiger partial charge in [0.25, 0.3) is 0 Å². The number of benzene rings is 1. The van der Waals surface area contributed by atoms with Gasteiger partial charge in [-0.15, -0.1) is 16.8 Å². The molecule has 0 saturated carbocycles. The summed E-state index contributed by atoms with van der Waals surface area (Å²) in [7, 11) is 1.63. The van der Waals surface area contributed by atoms with E-state index in [2.05, 4.69) is 22.1 Å². The molecule has 1 aliphatic rings. The molecule has 0 bridgehead atoms. The first-order chi connectivity index (χ1) is 13.6. The maximum absolute atomic E-state index is 12.5. The van der Waals surface area contributed by atoms with Gasteiger partial charge in [0.2, 0.25) is 5.91 Å². The lowest BCUT2D eigenvalue weighted by atomic mass is 10.2. The van der Waals surface area contributed by atoms with Crippen LogP contribution in [0, 0.1) is 0 Å². The van der Waals surface area contributed by atoms with Crippen LogP contribution in [0.4, 0.5) is 0 Å². The van der Waals surface area contributed by atoms with Crippen molar-refractivity contribution in [3.8, 4) is 17.1 Å². The van der Waals surface area contributed by atoms with Gasteiger partial charge >= 0.3 is 0 Å². The summed E-state index contributed by atoms with van der Waals surface area (Å²) < 4.78 is 13.0. The van der Waals surface area contributed by atoms with E-state index in [1.807, 2.05) is 35.8 Å². The summed E-state index contributed by atoms with van der Waals surface area (Å²) in [5.41, 5.74) is 0.849. The van der Waals surface area contributed by atoms with Crippen molar-refractivity contribution < 1.29 is 14.3 Å². The first-order valence-corrected chi connectivity index (χ1v) is 10.3. The number of hydrogen-bond donors (Lipinski definition) is 1. The number of hydrogen-bond acceptors (Lipinski definition) is 6. The molecule has 1 aromatic heterocycles. The number of methoxy groups -OCH3 is 1. The lowest BCUT2D eigenvalue weighted by molar-refractivity contribution is -0.120. The molecule has 2 aromatic rings. The SMILES string of the molecule is C=CCn1c(S[C@H](C)C(=O)NC[C@@H]2CCCO2)nnc1-c1ccccc1OC. The normalized spacial score (nSPS) is 17.3. The van der Waals surface area contributed by atoms with E-state index < -0.39 is 0 Å². The van der Waals surface area contributed by atoms with Gasteiger partial charge in [0.15, 0.2) is 11.0 Å². The van der Waals surface area contributed by atoms with Crippen molar-refractivity contribution in [3.63, 3.8) is 0 Å². The van der Waals surface area contributed by atoms with Gasteiger partial charge in [-0.25, -0.2) is 0 Å². The number of amides is 1. The summed E-state index contributed by atoms with van der Waals surface area (Å²) in [6, 6.07) is 7.66. The lowest BCUT2D eigenvalue weighted by Crippen LogP contribution is -2.36. The second kappa shape index (κ2) is 9.75. The van der Waals surface area contributed by atoms with Crippen LogP contribution in [-0.2, 0) is 16.1 Å². The molecule has 8 heteroatoms. The number of rotatable bonds is 9. The van der Waals surface area contributed by atoms with E-state index in [-0.39, 0.29) is 17.3 Å². The minimum Gasteiger partial charge on any atom is -0.496 e. The number of aromatic nitrogens is 3. The van der Waals surface area contributed by atoms with Crippen molar-refractivity contribution >= 4 is 17.7 Å². The van der Waals surface area contributed by atoms with E-state index in [1.54, 1.807) is 13.2 Å². The first-order valence-electron chi connectivity index (χ1n) is 9.37. The van der Waals surface area contributed by atoms with Crippen LogP contribution < -0.4 is 10.1 Å². The summed E-state index contributed by atoms with van der Waals surface area (Å²) in [5, 5.41) is 12.0. The largest absolute Gasteiger partial charge is 0.496 e. The Bertz CT molecular complexity index is 818. The van der Waals surface area contributed by atoms with Gasteiger partial charge in [-0.1, -0.05) is 30.0 Å². The van der Waals surface area contributed by atoms with E-state index in [0.717, 1.165) is 30.8 Å². The van der Waals surface area contributed by atoms with E-state index >= 15 is 0 Å². The molecule has 7 nitrogen and oxygen atoms in total. The third-order valence-corrected chi connectivity index (χ3v) is 5.64. The number of para-hydroxylation sites is 1. The van der Waals surface area contributed by atoms with Gasteiger partial charge in [0.05, 0.1) is 24.0 Å².